The number of carbonyl (C=O) groups is 1. The number of nitrogens with one attached hydrogen (secondary N) is 3. The molecular formula is C16H17F2N7O. The number of anilines is 2. The molecule has 0 unspecified atom stereocenters. The summed E-state index contributed by atoms with van der Waals surface area (Å²) in [6.07, 6.45) is 0.947. The van der Waals surface area contributed by atoms with Crippen molar-refractivity contribution in [1.82, 2.24) is 14.7 Å². The Labute approximate surface area is 147 Å². The lowest BCUT2D eigenvalue weighted by Gasteiger charge is -2.35. The molecule has 1 aliphatic rings. The molecule has 1 aromatic carbocycles. The summed E-state index contributed by atoms with van der Waals surface area (Å²) in [4.78, 5) is 15.7. The number of carbonyl (C=O) groups excluding carboxylic acids is 1. The van der Waals surface area contributed by atoms with Crippen LogP contribution in [0.25, 0.3) is 0 Å². The molecule has 0 radical (unpaired) electrons. The largest absolute Gasteiger partial charge is 0.352 e. The van der Waals surface area contributed by atoms with Crippen LogP contribution in [0.15, 0.2) is 30.3 Å². The molecule has 26 heavy (non-hydrogen) atoms. The molecule has 1 fully saturated rings. The zero-order chi connectivity index (χ0) is 18.7. The van der Waals surface area contributed by atoms with Gasteiger partial charge in [-0.2, -0.15) is 0 Å². The Kier molecular flexibility index (Phi) is 4.92. The first kappa shape index (κ1) is 17.5. The van der Waals surface area contributed by atoms with E-state index < -0.39 is 17.7 Å². The molecule has 0 saturated carbocycles. The normalized spacial score (nSPS) is 14.2. The molecule has 10 heteroatoms. The van der Waals surface area contributed by atoms with Crippen molar-refractivity contribution in [2.75, 3.05) is 36.4 Å². The van der Waals surface area contributed by atoms with Crippen molar-refractivity contribution in [3.05, 3.63) is 47.5 Å². The van der Waals surface area contributed by atoms with Crippen LogP contribution in [0.4, 0.5) is 25.1 Å². The predicted octanol–water partition coefficient (Wildman–Crippen LogP) is 1.45. The zero-order valence-electron chi connectivity index (χ0n) is 13.7. The van der Waals surface area contributed by atoms with Crippen LogP contribution in [-0.4, -0.2) is 53.2 Å². The topological polar surface area (TPSA) is 101 Å². The highest BCUT2D eigenvalue weighted by molar-refractivity contribution is 5.89. The Morgan fingerprint density at radius 1 is 1.15 bits per heavy atom. The van der Waals surface area contributed by atoms with Gasteiger partial charge in [-0.25, -0.2) is 18.3 Å². The fourth-order valence-corrected chi connectivity index (χ4v) is 2.62. The molecule has 1 aliphatic heterocycles. The van der Waals surface area contributed by atoms with Gasteiger partial charge in [-0.1, -0.05) is 0 Å². The van der Waals surface area contributed by atoms with Crippen molar-refractivity contribution in [3.63, 3.8) is 0 Å². The van der Waals surface area contributed by atoms with E-state index in [0.29, 0.717) is 32.0 Å². The van der Waals surface area contributed by atoms with Gasteiger partial charge in [-0.15, -0.1) is 5.10 Å². The van der Waals surface area contributed by atoms with Crippen LogP contribution in [0.3, 0.4) is 0 Å². The second kappa shape index (κ2) is 7.30. The third-order valence-electron chi connectivity index (χ3n) is 4.03. The van der Waals surface area contributed by atoms with Crippen LogP contribution in [-0.2, 0) is 0 Å². The molecule has 3 rings (SSSR count). The van der Waals surface area contributed by atoms with Crippen LogP contribution < -0.4 is 15.7 Å². The van der Waals surface area contributed by atoms with E-state index in [1.165, 1.54) is 4.90 Å². The number of benzene rings is 1. The quantitative estimate of drug-likeness (QED) is 0.570. The standard InChI is InChI=1S/C16H17F2N7O/c17-11-1-2-12(18)13(9-11)21-16(26)24-7-5-23(6-8-24)15-4-3-14(20)25(10-19)22-15/h1-4,9-10,19-20H,5-8H2,(H,21,26). The maximum absolute atomic E-state index is 13.6. The van der Waals surface area contributed by atoms with E-state index in [4.69, 9.17) is 10.8 Å². The van der Waals surface area contributed by atoms with E-state index in [9.17, 15) is 13.6 Å². The average molecular weight is 361 g/mol. The van der Waals surface area contributed by atoms with E-state index in [2.05, 4.69) is 10.4 Å². The molecule has 1 aromatic heterocycles. The van der Waals surface area contributed by atoms with E-state index in [0.717, 1.165) is 29.2 Å². The smallest absolute Gasteiger partial charge is 0.322 e. The SMILES string of the molecule is N=Cn1nc(N2CCN(C(=O)Nc3cc(F)ccc3F)CC2)ccc1=N. The fraction of sp³-hybridized carbons (Fsp3) is 0.250. The van der Waals surface area contributed by atoms with Gasteiger partial charge in [-0.3, -0.25) is 10.8 Å². The van der Waals surface area contributed by atoms with Crippen molar-refractivity contribution in [1.29, 1.82) is 10.8 Å². The zero-order valence-corrected chi connectivity index (χ0v) is 13.7. The number of amides is 2. The summed E-state index contributed by atoms with van der Waals surface area (Å²) in [5.74, 6) is -0.732. The van der Waals surface area contributed by atoms with Gasteiger partial charge in [0.2, 0.25) is 0 Å². The Hall–Kier alpha value is -3.30. The highest BCUT2D eigenvalue weighted by Gasteiger charge is 2.23. The Bertz CT molecular complexity index is 890. The second-order valence-electron chi connectivity index (χ2n) is 5.68. The first-order chi connectivity index (χ1) is 12.5. The van der Waals surface area contributed by atoms with Crippen LogP contribution in [0, 0.1) is 22.5 Å². The summed E-state index contributed by atoms with van der Waals surface area (Å²) in [5.41, 5.74) is -0.101. The third kappa shape index (κ3) is 3.68. The monoisotopic (exact) mass is 361 g/mol. The number of hydrogen-bond donors (Lipinski definition) is 3. The van der Waals surface area contributed by atoms with E-state index in [1.54, 1.807) is 12.1 Å². The van der Waals surface area contributed by atoms with Crippen molar-refractivity contribution < 1.29 is 13.6 Å². The molecule has 2 amide bonds. The fourth-order valence-electron chi connectivity index (χ4n) is 2.62. The minimum absolute atomic E-state index is 0.0962. The van der Waals surface area contributed by atoms with Crippen molar-refractivity contribution >= 4 is 23.9 Å². The van der Waals surface area contributed by atoms with E-state index in [-0.39, 0.29) is 11.2 Å². The van der Waals surface area contributed by atoms with Crippen molar-refractivity contribution in [3.8, 4) is 0 Å². The minimum Gasteiger partial charge on any atom is -0.352 e. The molecule has 3 N–H and O–H groups in total. The van der Waals surface area contributed by atoms with Gasteiger partial charge in [0.1, 0.15) is 29.3 Å². The Balaban J connectivity index is 1.63. The Morgan fingerprint density at radius 3 is 2.58 bits per heavy atom. The molecular weight excluding hydrogens is 344 g/mol. The molecule has 2 heterocycles. The highest BCUT2D eigenvalue weighted by atomic mass is 19.1. The molecule has 0 atom stereocenters. The molecule has 0 bridgehead atoms. The lowest BCUT2D eigenvalue weighted by molar-refractivity contribution is 0.208. The molecule has 8 nitrogen and oxygen atoms in total. The molecule has 0 spiro atoms. The minimum atomic E-state index is -0.700. The van der Waals surface area contributed by atoms with Gasteiger partial charge in [0.25, 0.3) is 0 Å². The number of piperazine rings is 1. The summed E-state index contributed by atoms with van der Waals surface area (Å²) >= 11 is 0. The van der Waals surface area contributed by atoms with Gasteiger partial charge in [0, 0.05) is 32.2 Å². The highest BCUT2D eigenvalue weighted by Crippen LogP contribution is 2.17. The van der Waals surface area contributed by atoms with Gasteiger partial charge >= 0.3 is 6.03 Å². The first-order valence-electron chi connectivity index (χ1n) is 7.89. The van der Waals surface area contributed by atoms with Gasteiger partial charge in [0.15, 0.2) is 0 Å². The van der Waals surface area contributed by atoms with Crippen LogP contribution in [0.2, 0.25) is 0 Å². The number of aromatic nitrogens is 2. The Morgan fingerprint density at radius 2 is 1.88 bits per heavy atom. The number of nitrogens with zero attached hydrogens (tertiary/aromatic N) is 4. The van der Waals surface area contributed by atoms with Crippen LogP contribution in [0.5, 0.6) is 0 Å². The molecule has 136 valence electrons. The number of hydrogen-bond acceptors (Lipinski definition) is 5. The molecule has 2 aromatic rings. The molecule has 0 aliphatic carbocycles. The summed E-state index contributed by atoms with van der Waals surface area (Å²) in [5, 5.41) is 21.4. The summed E-state index contributed by atoms with van der Waals surface area (Å²) in [6.45, 7) is 1.72. The van der Waals surface area contributed by atoms with E-state index in [1.807, 2.05) is 4.90 Å². The maximum atomic E-state index is 13.6. The van der Waals surface area contributed by atoms with Gasteiger partial charge < -0.3 is 15.1 Å². The third-order valence-corrected chi connectivity index (χ3v) is 4.03. The summed E-state index contributed by atoms with van der Waals surface area (Å²) < 4.78 is 28.0. The van der Waals surface area contributed by atoms with E-state index >= 15 is 0 Å². The molecule has 1 saturated heterocycles. The van der Waals surface area contributed by atoms with Crippen molar-refractivity contribution in [2.24, 2.45) is 0 Å². The predicted molar refractivity (Wildman–Crippen MR) is 91.4 cm³/mol. The maximum Gasteiger partial charge on any atom is 0.322 e. The number of urea groups is 1. The average Bonchev–Trinajstić information content (AvgIpc) is 2.65. The van der Waals surface area contributed by atoms with Crippen molar-refractivity contribution in [2.45, 2.75) is 0 Å². The number of rotatable bonds is 3. The van der Waals surface area contributed by atoms with Gasteiger partial charge in [-0.05, 0) is 24.3 Å². The lowest BCUT2D eigenvalue weighted by atomic mass is 10.3. The second-order valence-corrected chi connectivity index (χ2v) is 5.68. The summed E-state index contributed by atoms with van der Waals surface area (Å²) in [6, 6.07) is 5.60. The lowest BCUT2D eigenvalue weighted by Crippen LogP contribution is -2.50. The first-order valence-corrected chi connectivity index (χ1v) is 7.89. The van der Waals surface area contributed by atoms with Crippen LogP contribution in [0.1, 0.15) is 0 Å². The van der Waals surface area contributed by atoms with Gasteiger partial charge in [0.05, 0.1) is 5.69 Å². The number of halogens is 2. The van der Waals surface area contributed by atoms with Crippen LogP contribution >= 0.6 is 0 Å². The summed E-state index contributed by atoms with van der Waals surface area (Å²) in [7, 11) is 0.